The van der Waals surface area contributed by atoms with E-state index in [0.717, 1.165) is 5.56 Å². The summed E-state index contributed by atoms with van der Waals surface area (Å²) in [6.45, 7) is 0. The van der Waals surface area contributed by atoms with Gasteiger partial charge in [-0.1, -0.05) is 24.0 Å². The van der Waals surface area contributed by atoms with Crippen LogP contribution >= 0.6 is 0 Å². The van der Waals surface area contributed by atoms with Gasteiger partial charge in [-0.25, -0.2) is 9.59 Å². The van der Waals surface area contributed by atoms with Crippen molar-refractivity contribution in [2.24, 2.45) is 5.92 Å². The Bertz CT molecular complexity index is 798. The van der Waals surface area contributed by atoms with Crippen molar-refractivity contribution < 1.29 is 28.5 Å². The van der Waals surface area contributed by atoms with Crippen LogP contribution in [0.25, 0.3) is 0 Å². The first-order chi connectivity index (χ1) is 12.1. The zero-order chi connectivity index (χ0) is 18.0. The van der Waals surface area contributed by atoms with Gasteiger partial charge in [0, 0.05) is 0 Å². The number of hydrogen-bond acceptors (Lipinski definition) is 6. The van der Waals surface area contributed by atoms with Crippen LogP contribution in [-0.4, -0.2) is 45.5 Å². The Labute approximate surface area is 145 Å². The molecule has 1 fully saturated rings. The molecule has 6 heteroatoms. The molecule has 3 rings (SSSR count). The molecule has 0 amide bonds. The number of rotatable bonds is 3. The minimum atomic E-state index is -0.589. The van der Waals surface area contributed by atoms with E-state index in [-0.39, 0.29) is 17.1 Å². The molecule has 1 saturated heterocycles. The summed E-state index contributed by atoms with van der Waals surface area (Å²) in [6.07, 6.45) is -0.560. The molecule has 0 aromatic heterocycles. The Morgan fingerprint density at radius 1 is 1.08 bits per heavy atom. The molecule has 0 saturated carbocycles. The summed E-state index contributed by atoms with van der Waals surface area (Å²) in [5.74, 6) is 5.54. The fourth-order valence-corrected chi connectivity index (χ4v) is 3.20. The van der Waals surface area contributed by atoms with Gasteiger partial charge in [0.15, 0.2) is 0 Å². The van der Waals surface area contributed by atoms with Gasteiger partial charge in [0.2, 0.25) is 0 Å². The second-order valence-electron chi connectivity index (χ2n) is 5.67. The second kappa shape index (κ2) is 6.99. The maximum atomic E-state index is 12.1. The molecule has 1 aromatic rings. The van der Waals surface area contributed by atoms with Crippen molar-refractivity contribution in [3.05, 3.63) is 41.0 Å². The molecule has 6 nitrogen and oxygen atoms in total. The number of carbonyl (C=O) groups is 2. The number of carbonyl (C=O) groups excluding carboxylic acids is 2. The average molecular weight is 342 g/mol. The minimum absolute atomic E-state index is 0.211. The number of benzene rings is 1. The van der Waals surface area contributed by atoms with Gasteiger partial charge in [-0.3, -0.25) is 0 Å². The highest BCUT2D eigenvalue weighted by Crippen LogP contribution is 2.43. The summed E-state index contributed by atoms with van der Waals surface area (Å²) in [5, 5.41) is 0. The first-order valence-electron chi connectivity index (χ1n) is 7.81. The van der Waals surface area contributed by atoms with E-state index in [1.807, 2.05) is 24.3 Å². The van der Waals surface area contributed by atoms with Gasteiger partial charge in [0.25, 0.3) is 0 Å². The molecule has 3 unspecified atom stereocenters. The van der Waals surface area contributed by atoms with E-state index >= 15 is 0 Å². The third-order valence-electron chi connectivity index (χ3n) is 4.35. The molecule has 130 valence electrons. The fourth-order valence-electron chi connectivity index (χ4n) is 3.20. The molecule has 2 bridgehead atoms. The summed E-state index contributed by atoms with van der Waals surface area (Å²) >= 11 is 0. The largest absolute Gasteiger partial charge is 0.495 e. The topological polar surface area (TPSA) is 71.1 Å². The molecule has 2 aliphatic rings. The normalized spacial score (nSPS) is 23.7. The maximum Gasteiger partial charge on any atom is 0.337 e. The average Bonchev–Trinajstić information content (AvgIpc) is 3.23. The highest BCUT2D eigenvalue weighted by molar-refractivity contribution is 6.03. The summed E-state index contributed by atoms with van der Waals surface area (Å²) in [6, 6.07) is 7.43. The van der Waals surface area contributed by atoms with E-state index < -0.39 is 24.1 Å². The molecule has 2 heterocycles. The van der Waals surface area contributed by atoms with Gasteiger partial charge in [0.1, 0.15) is 11.9 Å². The van der Waals surface area contributed by atoms with Crippen LogP contribution in [0.2, 0.25) is 0 Å². The molecule has 0 spiro atoms. The van der Waals surface area contributed by atoms with E-state index in [1.165, 1.54) is 14.2 Å². The number of esters is 2. The lowest BCUT2D eigenvalue weighted by Crippen LogP contribution is -2.28. The number of fused-ring (bicyclic) bond motifs is 2. The molecule has 3 atom stereocenters. The number of ether oxygens (including phenoxy) is 4. The molecule has 0 radical (unpaired) electrons. The Kier molecular flexibility index (Phi) is 4.77. The summed E-state index contributed by atoms with van der Waals surface area (Å²) in [5.41, 5.74) is 1.21. The Morgan fingerprint density at radius 3 is 2.44 bits per heavy atom. The van der Waals surface area contributed by atoms with Crippen LogP contribution in [0.15, 0.2) is 35.4 Å². The zero-order valence-corrected chi connectivity index (χ0v) is 14.2. The summed E-state index contributed by atoms with van der Waals surface area (Å²) < 4.78 is 20.7. The van der Waals surface area contributed by atoms with Crippen molar-refractivity contribution in [2.75, 3.05) is 21.3 Å². The van der Waals surface area contributed by atoms with Gasteiger partial charge in [-0.15, -0.1) is 0 Å². The van der Waals surface area contributed by atoms with Crippen molar-refractivity contribution >= 4 is 11.9 Å². The van der Waals surface area contributed by atoms with E-state index in [4.69, 9.17) is 18.9 Å². The summed E-state index contributed by atoms with van der Waals surface area (Å²) in [7, 11) is 4.13. The van der Waals surface area contributed by atoms with Crippen LogP contribution in [0.4, 0.5) is 0 Å². The quantitative estimate of drug-likeness (QED) is 0.612. The Balaban J connectivity index is 1.92. The van der Waals surface area contributed by atoms with Crippen LogP contribution in [0, 0.1) is 17.8 Å². The highest BCUT2D eigenvalue weighted by Gasteiger charge is 2.52. The van der Waals surface area contributed by atoms with E-state index in [2.05, 4.69) is 11.8 Å². The van der Waals surface area contributed by atoms with Crippen LogP contribution in [0.5, 0.6) is 5.75 Å². The van der Waals surface area contributed by atoms with Gasteiger partial charge < -0.3 is 18.9 Å². The lowest BCUT2D eigenvalue weighted by molar-refractivity contribution is -0.139. The van der Waals surface area contributed by atoms with Crippen LogP contribution in [0.3, 0.4) is 0 Å². The second-order valence-corrected chi connectivity index (χ2v) is 5.67. The van der Waals surface area contributed by atoms with Crippen molar-refractivity contribution in [3.63, 3.8) is 0 Å². The van der Waals surface area contributed by atoms with Gasteiger partial charge in [-0.2, -0.15) is 0 Å². The standard InChI is InChI=1S/C19H18O6/c1-22-13-7-5-4-6-11(13)8-9-12-10-14-15(18(20)23-2)16(17(12)25-14)19(21)24-3/h4-7,12,14,17H,10H2,1-3H3. The molecule has 0 aliphatic carbocycles. The van der Waals surface area contributed by atoms with Crippen molar-refractivity contribution in [1.82, 2.24) is 0 Å². The third-order valence-corrected chi connectivity index (χ3v) is 4.35. The van der Waals surface area contributed by atoms with Crippen LogP contribution in [0.1, 0.15) is 12.0 Å². The predicted octanol–water partition coefficient (Wildman–Crippen LogP) is 1.48. The van der Waals surface area contributed by atoms with Crippen LogP contribution in [-0.2, 0) is 23.8 Å². The lowest BCUT2D eigenvalue weighted by Gasteiger charge is -2.18. The number of para-hydroxylation sites is 1. The smallest absolute Gasteiger partial charge is 0.337 e. The van der Waals surface area contributed by atoms with E-state index in [0.29, 0.717) is 12.2 Å². The van der Waals surface area contributed by atoms with Crippen molar-refractivity contribution in [2.45, 2.75) is 18.6 Å². The molecular formula is C19H18O6. The monoisotopic (exact) mass is 342 g/mol. The predicted molar refractivity (Wildman–Crippen MR) is 87.7 cm³/mol. The first kappa shape index (κ1) is 17.1. The van der Waals surface area contributed by atoms with Gasteiger partial charge in [-0.05, 0) is 18.6 Å². The Morgan fingerprint density at radius 2 is 1.76 bits per heavy atom. The van der Waals surface area contributed by atoms with Crippen molar-refractivity contribution in [1.29, 1.82) is 0 Å². The molecule has 2 aliphatic heterocycles. The Hall–Kier alpha value is -2.78. The van der Waals surface area contributed by atoms with E-state index in [1.54, 1.807) is 7.11 Å². The molecule has 0 N–H and O–H groups in total. The number of methoxy groups -OCH3 is 3. The maximum absolute atomic E-state index is 12.1. The minimum Gasteiger partial charge on any atom is -0.495 e. The lowest BCUT2D eigenvalue weighted by atomic mass is 9.84. The fraction of sp³-hybridized carbons (Fsp3) is 0.368. The summed E-state index contributed by atoms with van der Waals surface area (Å²) in [4.78, 5) is 24.1. The number of hydrogen-bond donors (Lipinski definition) is 0. The van der Waals surface area contributed by atoms with Gasteiger partial charge in [0.05, 0.1) is 50.1 Å². The SMILES string of the molecule is COC(=O)C1=C(C(=O)OC)C2OC1CC2C#Cc1ccccc1OC. The zero-order valence-electron chi connectivity index (χ0n) is 14.2. The molecule has 25 heavy (non-hydrogen) atoms. The molecule has 1 aromatic carbocycles. The van der Waals surface area contributed by atoms with Gasteiger partial charge >= 0.3 is 11.9 Å². The van der Waals surface area contributed by atoms with Crippen LogP contribution < -0.4 is 4.74 Å². The van der Waals surface area contributed by atoms with E-state index in [9.17, 15) is 9.59 Å². The first-order valence-corrected chi connectivity index (χ1v) is 7.81. The molecular weight excluding hydrogens is 324 g/mol. The highest BCUT2D eigenvalue weighted by atomic mass is 16.5. The third kappa shape index (κ3) is 2.99. The van der Waals surface area contributed by atoms with Crippen molar-refractivity contribution in [3.8, 4) is 17.6 Å².